The quantitative estimate of drug-likeness (QED) is 0.564. The normalized spacial score (nSPS) is 12.5. The second-order valence-corrected chi connectivity index (χ2v) is 7.54. The van der Waals surface area contributed by atoms with Crippen molar-refractivity contribution in [1.29, 1.82) is 0 Å². The van der Waals surface area contributed by atoms with Gasteiger partial charge in [-0.15, -0.1) is 5.10 Å². The number of aryl methyl sites for hydroxylation is 1. The Morgan fingerprint density at radius 3 is 2.67 bits per heavy atom. The van der Waals surface area contributed by atoms with Crippen molar-refractivity contribution in [2.45, 2.75) is 4.90 Å². The van der Waals surface area contributed by atoms with Crippen LogP contribution in [0.5, 0.6) is 0 Å². The van der Waals surface area contributed by atoms with Gasteiger partial charge in [-0.05, 0) is 18.2 Å². The Bertz CT molecular complexity index is 1100. The molecule has 0 spiro atoms. The molecule has 0 saturated carbocycles. The van der Waals surface area contributed by atoms with E-state index in [0.29, 0.717) is 4.80 Å². The third-order valence-electron chi connectivity index (χ3n) is 3.31. The molecule has 2 aromatic carbocycles. The van der Waals surface area contributed by atoms with Crippen molar-refractivity contribution in [2.24, 2.45) is 12.1 Å². The Morgan fingerprint density at radius 1 is 1.21 bits per heavy atom. The van der Waals surface area contributed by atoms with E-state index in [1.807, 2.05) is 24.3 Å². The summed E-state index contributed by atoms with van der Waals surface area (Å²) in [5.41, 5.74) is 0.626. The number of fused-ring (bicyclic) bond motifs is 1. The molecule has 24 heavy (non-hydrogen) atoms. The lowest BCUT2D eigenvalue weighted by atomic mass is 10.3. The number of hydrogen-bond acceptors (Lipinski definition) is 6. The number of thiazole rings is 1. The van der Waals surface area contributed by atoms with Gasteiger partial charge in [-0.2, -0.15) is 13.2 Å². The molecule has 0 aliphatic heterocycles. The number of benzene rings is 2. The molecule has 1 N–H and O–H groups in total. The summed E-state index contributed by atoms with van der Waals surface area (Å²) in [6.45, 7) is 0. The van der Waals surface area contributed by atoms with Crippen molar-refractivity contribution in [1.82, 2.24) is 9.40 Å². The van der Waals surface area contributed by atoms with Crippen LogP contribution in [0.15, 0.2) is 58.5 Å². The fourth-order valence-corrected chi connectivity index (χ4v) is 3.99. The molecule has 0 saturated heterocycles. The van der Waals surface area contributed by atoms with Gasteiger partial charge in [0.2, 0.25) is 4.80 Å². The first kappa shape index (κ1) is 16.1. The SMILES string of the molecule is Cn1c(=NNS(=O)(=O)c2cccc([N+](=O)[O-])c2)sc2ccccc21. The monoisotopic (exact) mass is 364 g/mol. The number of nitrogens with zero attached hydrogens (tertiary/aromatic N) is 3. The first-order valence-electron chi connectivity index (χ1n) is 6.73. The lowest BCUT2D eigenvalue weighted by Gasteiger charge is -2.02. The molecule has 1 heterocycles. The molecule has 0 atom stereocenters. The van der Waals surface area contributed by atoms with Gasteiger partial charge in [0.25, 0.3) is 15.7 Å². The van der Waals surface area contributed by atoms with Gasteiger partial charge in [-0.3, -0.25) is 10.1 Å². The van der Waals surface area contributed by atoms with Crippen LogP contribution in [0, 0.1) is 10.1 Å². The number of hydrogen-bond donors (Lipinski definition) is 1. The molecule has 0 aliphatic rings. The third-order valence-corrected chi connectivity index (χ3v) is 5.63. The summed E-state index contributed by atoms with van der Waals surface area (Å²) < 4.78 is 27.3. The zero-order valence-corrected chi connectivity index (χ0v) is 14.0. The van der Waals surface area contributed by atoms with Crippen LogP contribution < -0.4 is 9.63 Å². The molecule has 1 aromatic heterocycles. The molecule has 3 aromatic rings. The minimum Gasteiger partial charge on any atom is -0.318 e. The second kappa shape index (κ2) is 6.06. The van der Waals surface area contributed by atoms with E-state index in [-0.39, 0.29) is 10.6 Å². The number of rotatable bonds is 4. The number of nitro benzene ring substituents is 1. The largest absolute Gasteiger partial charge is 0.318 e. The van der Waals surface area contributed by atoms with Crippen LogP contribution in [-0.4, -0.2) is 17.9 Å². The van der Waals surface area contributed by atoms with Gasteiger partial charge in [0.1, 0.15) is 0 Å². The van der Waals surface area contributed by atoms with E-state index in [2.05, 4.69) is 9.93 Å². The maximum atomic E-state index is 12.3. The molecular weight excluding hydrogens is 352 g/mol. The summed E-state index contributed by atoms with van der Waals surface area (Å²) in [6.07, 6.45) is 0. The van der Waals surface area contributed by atoms with Crippen molar-refractivity contribution in [3.05, 3.63) is 63.4 Å². The van der Waals surface area contributed by atoms with E-state index < -0.39 is 14.9 Å². The van der Waals surface area contributed by atoms with E-state index in [1.165, 1.54) is 29.5 Å². The van der Waals surface area contributed by atoms with Gasteiger partial charge < -0.3 is 4.57 Å². The summed E-state index contributed by atoms with van der Waals surface area (Å²) in [5, 5.41) is 14.7. The summed E-state index contributed by atoms with van der Waals surface area (Å²) >= 11 is 1.33. The number of sulfonamides is 1. The number of nitrogens with one attached hydrogen (secondary N) is 1. The van der Waals surface area contributed by atoms with E-state index >= 15 is 0 Å². The van der Waals surface area contributed by atoms with E-state index in [4.69, 9.17) is 0 Å². The molecule has 10 heteroatoms. The molecule has 0 radical (unpaired) electrons. The summed E-state index contributed by atoms with van der Waals surface area (Å²) in [4.78, 5) is 12.5. The van der Waals surface area contributed by atoms with Gasteiger partial charge in [0.05, 0.1) is 20.0 Å². The Labute approximate surface area is 140 Å². The first-order valence-corrected chi connectivity index (χ1v) is 9.03. The Kier molecular flexibility index (Phi) is 4.08. The molecule has 124 valence electrons. The van der Waals surface area contributed by atoms with Crippen molar-refractivity contribution < 1.29 is 13.3 Å². The lowest BCUT2D eigenvalue weighted by molar-refractivity contribution is -0.385. The van der Waals surface area contributed by atoms with Crippen LogP contribution in [0.3, 0.4) is 0 Å². The molecule has 0 unspecified atom stereocenters. The maximum absolute atomic E-state index is 12.3. The van der Waals surface area contributed by atoms with Crippen LogP contribution in [0.1, 0.15) is 0 Å². The van der Waals surface area contributed by atoms with Crippen LogP contribution in [0.25, 0.3) is 10.2 Å². The molecule has 0 amide bonds. The second-order valence-electron chi connectivity index (χ2n) is 4.87. The Morgan fingerprint density at radius 2 is 1.96 bits per heavy atom. The van der Waals surface area contributed by atoms with Gasteiger partial charge in [0, 0.05) is 19.2 Å². The van der Waals surface area contributed by atoms with E-state index in [0.717, 1.165) is 16.3 Å². The first-order chi connectivity index (χ1) is 11.4. The third kappa shape index (κ3) is 3.01. The number of non-ortho nitro benzene ring substituents is 1. The number of aromatic nitrogens is 1. The Hall–Kier alpha value is -2.72. The highest BCUT2D eigenvalue weighted by Gasteiger charge is 2.17. The molecule has 3 rings (SSSR count). The highest BCUT2D eigenvalue weighted by molar-refractivity contribution is 7.89. The predicted octanol–water partition coefficient (Wildman–Crippen LogP) is 1.94. The van der Waals surface area contributed by atoms with Crippen molar-refractivity contribution >= 4 is 37.3 Å². The summed E-state index contributed by atoms with van der Waals surface area (Å²) in [5.74, 6) is 0. The van der Waals surface area contributed by atoms with Gasteiger partial charge in [-0.25, -0.2) is 0 Å². The van der Waals surface area contributed by atoms with Gasteiger partial charge >= 0.3 is 0 Å². The fourth-order valence-electron chi connectivity index (χ4n) is 2.10. The molecular formula is C14H12N4O4S2. The topological polar surface area (TPSA) is 107 Å². The van der Waals surface area contributed by atoms with Gasteiger partial charge in [0.15, 0.2) is 0 Å². The lowest BCUT2D eigenvalue weighted by Crippen LogP contribution is -2.23. The van der Waals surface area contributed by atoms with E-state index in [9.17, 15) is 18.5 Å². The molecule has 0 aliphatic carbocycles. The van der Waals surface area contributed by atoms with Crippen LogP contribution >= 0.6 is 11.3 Å². The van der Waals surface area contributed by atoms with Crippen molar-refractivity contribution in [2.75, 3.05) is 0 Å². The number of para-hydroxylation sites is 1. The fraction of sp³-hybridized carbons (Fsp3) is 0.0714. The average Bonchev–Trinajstić information content (AvgIpc) is 2.90. The van der Waals surface area contributed by atoms with Crippen LogP contribution in [-0.2, 0) is 17.1 Å². The predicted molar refractivity (Wildman–Crippen MR) is 89.8 cm³/mol. The maximum Gasteiger partial charge on any atom is 0.276 e. The minimum atomic E-state index is -4.00. The van der Waals surface area contributed by atoms with E-state index in [1.54, 1.807) is 11.6 Å². The van der Waals surface area contributed by atoms with Crippen LogP contribution in [0.4, 0.5) is 5.69 Å². The average molecular weight is 364 g/mol. The highest BCUT2D eigenvalue weighted by Crippen LogP contribution is 2.17. The minimum absolute atomic E-state index is 0.218. The van der Waals surface area contributed by atoms with Crippen molar-refractivity contribution in [3.63, 3.8) is 0 Å². The van der Waals surface area contributed by atoms with Crippen molar-refractivity contribution in [3.8, 4) is 0 Å². The molecule has 8 nitrogen and oxygen atoms in total. The summed E-state index contributed by atoms with van der Waals surface area (Å²) in [7, 11) is -2.22. The van der Waals surface area contributed by atoms with Crippen LogP contribution in [0.2, 0.25) is 0 Å². The zero-order valence-electron chi connectivity index (χ0n) is 12.4. The summed E-state index contributed by atoms with van der Waals surface area (Å²) in [6, 6.07) is 12.4. The van der Waals surface area contributed by atoms with Gasteiger partial charge in [-0.1, -0.05) is 29.5 Å². The standard InChI is InChI=1S/C14H12N4O4S2/c1-17-12-7-2-3-8-13(12)23-14(17)15-16-24(21,22)11-6-4-5-10(9-11)18(19)20/h2-9,16H,1H3. The smallest absolute Gasteiger partial charge is 0.276 e. The molecule has 0 fully saturated rings. The molecule has 0 bridgehead atoms. The Balaban J connectivity index is 1.98. The number of nitro groups is 1. The zero-order chi connectivity index (χ0) is 17.3. The highest BCUT2D eigenvalue weighted by atomic mass is 32.2.